The van der Waals surface area contributed by atoms with Crippen LogP contribution in [0.1, 0.15) is 63.3 Å². The molecule has 2 aliphatic rings. The third-order valence-electron chi connectivity index (χ3n) is 7.51. The van der Waals surface area contributed by atoms with Crippen LogP contribution in [0.4, 0.5) is 0 Å². The number of benzene rings is 1. The number of imidazole rings is 1. The van der Waals surface area contributed by atoms with Gasteiger partial charge in [-0.25, -0.2) is 4.79 Å². The van der Waals surface area contributed by atoms with Crippen molar-refractivity contribution < 1.29 is 4.79 Å². The number of rotatable bonds is 9. The first-order valence-electron chi connectivity index (χ1n) is 12.4. The molecule has 5 rings (SSSR count). The van der Waals surface area contributed by atoms with Crippen molar-refractivity contribution in [3.05, 3.63) is 64.5 Å². The third kappa shape index (κ3) is 4.31. The largest absolute Gasteiger partial charge is 0.328 e. The summed E-state index contributed by atoms with van der Waals surface area (Å²) in [6.07, 6.45) is 13.1. The highest BCUT2D eigenvalue weighted by Gasteiger charge is 2.38. The molecule has 1 saturated carbocycles. The van der Waals surface area contributed by atoms with Crippen molar-refractivity contribution in [2.75, 3.05) is 0 Å². The Balaban J connectivity index is 1.56. The molecule has 0 bridgehead atoms. The zero-order chi connectivity index (χ0) is 24.4. The van der Waals surface area contributed by atoms with Gasteiger partial charge in [0, 0.05) is 53.8 Å². The zero-order valence-corrected chi connectivity index (χ0v) is 20.2. The lowest BCUT2D eigenvalue weighted by Gasteiger charge is -2.35. The molecule has 3 atom stereocenters. The van der Waals surface area contributed by atoms with E-state index in [-0.39, 0.29) is 23.4 Å². The summed E-state index contributed by atoms with van der Waals surface area (Å²) in [5.41, 5.74) is 2.47. The van der Waals surface area contributed by atoms with Crippen LogP contribution in [0.3, 0.4) is 0 Å². The summed E-state index contributed by atoms with van der Waals surface area (Å²) in [5, 5.41) is 14.4. The molecule has 1 aliphatic carbocycles. The lowest BCUT2D eigenvalue weighted by Crippen LogP contribution is -2.41. The Morgan fingerprint density at radius 2 is 2.17 bits per heavy atom. The van der Waals surface area contributed by atoms with E-state index in [9.17, 15) is 9.59 Å². The summed E-state index contributed by atoms with van der Waals surface area (Å²) < 4.78 is 3.75. The van der Waals surface area contributed by atoms with Crippen LogP contribution in [0.2, 0.25) is 0 Å². The van der Waals surface area contributed by atoms with E-state index in [1.807, 2.05) is 39.9 Å². The van der Waals surface area contributed by atoms with Crippen molar-refractivity contribution in [3.8, 4) is 11.4 Å². The van der Waals surface area contributed by atoms with Crippen LogP contribution >= 0.6 is 0 Å². The van der Waals surface area contributed by atoms with E-state index in [1.165, 1.54) is 0 Å². The fraction of sp³-hybridized carbons (Fsp3) is 0.462. The van der Waals surface area contributed by atoms with Crippen LogP contribution in [0.5, 0.6) is 0 Å². The number of carbonyl (C=O) groups is 1. The van der Waals surface area contributed by atoms with Gasteiger partial charge < -0.3 is 0 Å². The second-order valence-electron chi connectivity index (χ2n) is 9.69. The number of hydrogen-bond acceptors (Lipinski definition) is 6. The molecule has 9 heteroatoms. The number of ketones is 1. The predicted octanol–water partition coefficient (Wildman–Crippen LogP) is 3.64. The summed E-state index contributed by atoms with van der Waals surface area (Å²) in [6, 6.07) is 8.05. The van der Waals surface area contributed by atoms with Gasteiger partial charge in [0.25, 0.3) is 0 Å². The lowest BCUT2D eigenvalue weighted by molar-refractivity contribution is -0.125. The molecule has 1 aromatic carbocycles. The summed E-state index contributed by atoms with van der Waals surface area (Å²) in [4.78, 5) is 30.2. The molecule has 3 heterocycles. The highest BCUT2D eigenvalue weighted by Crippen LogP contribution is 2.39. The maximum Gasteiger partial charge on any atom is 0.328 e. The van der Waals surface area contributed by atoms with E-state index in [4.69, 9.17) is 0 Å². The van der Waals surface area contributed by atoms with Gasteiger partial charge in [-0.1, -0.05) is 37.6 Å². The van der Waals surface area contributed by atoms with E-state index in [1.54, 1.807) is 6.92 Å². The Kier molecular flexibility index (Phi) is 6.32. The van der Waals surface area contributed by atoms with E-state index in [0.717, 1.165) is 48.9 Å². The summed E-state index contributed by atoms with van der Waals surface area (Å²) >= 11 is 0. The molecule has 0 spiro atoms. The van der Waals surface area contributed by atoms with Gasteiger partial charge in [0.05, 0.1) is 0 Å². The van der Waals surface area contributed by atoms with Crippen molar-refractivity contribution >= 4 is 12.0 Å². The molecule has 9 nitrogen and oxygen atoms in total. The number of hydrogen-bond donors (Lipinski definition) is 1. The second-order valence-corrected chi connectivity index (χ2v) is 9.69. The first-order valence-corrected chi connectivity index (χ1v) is 12.4. The Hall–Kier alpha value is -3.62. The number of aryl methyl sites for hydroxylation is 1. The fourth-order valence-corrected chi connectivity index (χ4v) is 5.29. The first-order chi connectivity index (χ1) is 17.0. The molecule has 1 fully saturated rings. The summed E-state index contributed by atoms with van der Waals surface area (Å²) in [7, 11) is 0. The topological polar surface area (TPSA) is 111 Å². The molecule has 3 aromatic rings. The Morgan fingerprint density at radius 1 is 1.29 bits per heavy atom. The van der Waals surface area contributed by atoms with Crippen LogP contribution in [0.15, 0.2) is 52.5 Å². The van der Waals surface area contributed by atoms with E-state index in [0.29, 0.717) is 18.8 Å². The summed E-state index contributed by atoms with van der Waals surface area (Å²) in [5.74, 6) is 0.629. The number of nitrogens with one attached hydrogen (secondary N) is 1. The Morgan fingerprint density at radius 3 is 2.83 bits per heavy atom. The Bertz CT molecular complexity index is 1320. The quantitative estimate of drug-likeness (QED) is 0.510. The second kappa shape index (κ2) is 9.56. The molecule has 182 valence electrons. The predicted molar refractivity (Wildman–Crippen MR) is 133 cm³/mol. The number of aromatic nitrogens is 6. The average Bonchev–Trinajstić information content (AvgIpc) is 3.48. The van der Waals surface area contributed by atoms with Gasteiger partial charge in [0.2, 0.25) is 5.82 Å². The van der Waals surface area contributed by atoms with Gasteiger partial charge in [-0.15, -0.1) is 10.2 Å². The molecule has 3 unspecified atom stereocenters. The van der Waals surface area contributed by atoms with E-state index in [2.05, 4.69) is 50.7 Å². The number of aromatic amines is 1. The monoisotopic (exact) mass is 473 g/mol. The molecule has 0 amide bonds. The van der Waals surface area contributed by atoms with Crippen molar-refractivity contribution in [2.24, 2.45) is 10.9 Å². The van der Waals surface area contributed by atoms with Crippen LogP contribution in [-0.4, -0.2) is 41.8 Å². The number of Topliss-reactive ketones (excluding diaryl/α,β-unsaturated/α-hetero) is 1. The molecule has 0 saturated heterocycles. The molecule has 1 N–H and O–H groups in total. The number of H-pyrrole nitrogens is 1. The molecular formula is C26H31N7O2. The van der Waals surface area contributed by atoms with Crippen LogP contribution < -0.4 is 5.69 Å². The maximum atomic E-state index is 13.8. The van der Waals surface area contributed by atoms with Crippen LogP contribution in [0.25, 0.3) is 11.4 Å². The molecular weight excluding hydrogens is 442 g/mol. The van der Waals surface area contributed by atoms with Crippen molar-refractivity contribution in [1.29, 1.82) is 0 Å². The highest BCUT2D eigenvalue weighted by atomic mass is 16.2. The molecule has 1 aliphatic heterocycles. The maximum absolute atomic E-state index is 13.8. The minimum atomic E-state index is -0.446. The SMILES string of the molecule is CCCCc1cn(C2CCC2C(C)=O)c(=O)n1CC1(c2cccc(-c3nn[nH]n3)c2)C=CN=CC1. The van der Waals surface area contributed by atoms with Gasteiger partial charge >= 0.3 is 5.69 Å². The third-order valence-corrected chi connectivity index (χ3v) is 7.51. The molecule has 0 radical (unpaired) electrons. The number of carbonyl (C=O) groups excluding carboxylic acids is 1. The van der Waals surface area contributed by atoms with Crippen molar-refractivity contribution in [1.82, 2.24) is 29.8 Å². The molecule has 35 heavy (non-hydrogen) atoms. The first kappa shape index (κ1) is 23.1. The number of nitrogens with zero attached hydrogens (tertiary/aromatic N) is 6. The van der Waals surface area contributed by atoms with Gasteiger partial charge in [-0.05, 0) is 55.9 Å². The minimum Gasteiger partial charge on any atom is -0.300 e. The number of unbranched alkanes of at least 4 members (excludes halogenated alkanes) is 1. The number of allylic oxidation sites excluding steroid dienone is 1. The minimum absolute atomic E-state index is 0.0309. The van der Waals surface area contributed by atoms with Gasteiger partial charge in [-0.2, -0.15) is 5.21 Å². The summed E-state index contributed by atoms with van der Waals surface area (Å²) in [6.45, 7) is 4.28. The highest BCUT2D eigenvalue weighted by molar-refractivity contribution is 5.79. The van der Waals surface area contributed by atoms with E-state index < -0.39 is 5.41 Å². The van der Waals surface area contributed by atoms with Crippen LogP contribution in [0, 0.1) is 5.92 Å². The average molecular weight is 474 g/mol. The Labute approximate surface area is 204 Å². The lowest BCUT2D eigenvalue weighted by atomic mass is 9.76. The smallest absolute Gasteiger partial charge is 0.300 e. The standard InChI is InChI=1S/C26H31N7O2/c1-3-4-8-21-16-32(23-10-9-22(23)18(2)34)25(35)33(21)17-26(11-13-27-14-12-26)20-7-5-6-19(15-20)24-28-30-31-29-24/h5-7,11,13-16,22-23H,3-4,8-10,12,17H2,1-2H3,(H,28,29,30,31). The van der Waals surface area contributed by atoms with Crippen molar-refractivity contribution in [2.45, 2.75) is 70.4 Å². The fourth-order valence-electron chi connectivity index (χ4n) is 5.29. The number of aliphatic imine (C=N–C) groups is 1. The van der Waals surface area contributed by atoms with Gasteiger partial charge in [-0.3, -0.25) is 18.9 Å². The zero-order valence-electron chi connectivity index (χ0n) is 20.2. The molecule has 2 aromatic heterocycles. The van der Waals surface area contributed by atoms with Crippen molar-refractivity contribution in [3.63, 3.8) is 0 Å². The van der Waals surface area contributed by atoms with Gasteiger partial charge in [0.15, 0.2) is 0 Å². The van der Waals surface area contributed by atoms with Crippen LogP contribution in [-0.2, 0) is 23.2 Å². The van der Waals surface area contributed by atoms with Gasteiger partial charge in [0.1, 0.15) is 5.78 Å². The number of tetrazole rings is 1. The van der Waals surface area contributed by atoms with E-state index >= 15 is 0 Å². The normalized spacial score (nSPS) is 23.4.